The van der Waals surface area contributed by atoms with Crippen LogP contribution in [0.3, 0.4) is 0 Å². The van der Waals surface area contributed by atoms with Gasteiger partial charge < -0.3 is 9.47 Å². The summed E-state index contributed by atoms with van der Waals surface area (Å²) in [6.45, 7) is 0. The number of benzene rings is 3. The number of allylic oxidation sites excluding steroid dienone is 1. The summed E-state index contributed by atoms with van der Waals surface area (Å²) >= 11 is 0. The zero-order chi connectivity index (χ0) is 18.8. The highest BCUT2D eigenvalue weighted by Gasteiger charge is 2.28. The van der Waals surface area contributed by atoms with Crippen molar-refractivity contribution in [2.45, 2.75) is 6.42 Å². The molecule has 0 spiro atoms. The predicted octanol–water partition coefficient (Wildman–Crippen LogP) is 4.94. The lowest BCUT2D eigenvalue weighted by molar-refractivity contribution is 0.103. The molecule has 0 heterocycles. The van der Waals surface area contributed by atoms with Crippen LogP contribution in [-0.2, 0) is 6.42 Å². The molecule has 0 saturated heterocycles. The lowest BCUT2D eigenvalue weighted by Crippen LogP contribution is -2.05. The van der Waals surface area contributed by atoms with Crippen molar-refractivity contribution in [3.63, 3.8) is 0 Å². The number of carbonyl (C=O) groups excluding carboxylic acids is 1. The van der Waals surface area contributed by atoms with Crippen LogP contribution in [0.4, 0.5) is 0 Å². The summed E-state index contributed by atoms with van der Waals surface area (Å²) < 4.78 is 10.6. The van der Waals surface area contributed by atoms with Crippen molar-refractivity contribution in [2.75, 3.05) is 14.2 Å². The second kappa shape index (κ2) is 7.12. The van der Waals surface area contributed by atoms with Gasteiger partial charge in [0.2, 0.25) is 0 Å². The molecule has 3 heteroatoms. The van der Waals surface area contributed by atoms with Gasteiger partial charge in [-0.15, -0.1) is 0 Å². The van der Waals surface area contributed by atoms with Crippen molar-refractivity contribution < 1.29 is 14.3 Å². The Morgan fingerprint density at radius 2 is 1.48 bits per heavy atom. The predicted molar refractivity (Wildman–Crippen MR) is 106 cm³/mol. The first kappa shape index (κ1) is 17.1. The molecular weight excluding hydrogens is 336 g/mol. The summed E-state index contributed by atoms with van der Waals surface area (Å²) in [7, 11) is 3.28. The lowest BCUT2D eigenvalue weighted by atomic mass is 9.94. The van der Waals surface area contributed by atoms with E-state index in [0.717, 1.165) is 39.3 Å². The van der Waals surface area contributed by atoms with E-state index in [0.29, 0.717) is 12.0 Å². The third kappa shape index (κ3) is 3.13. The normalized spacial score (nSPS) is 12.7. The Morgan fingerprint density at radius 1 is 0.815 bits per heavy atom. The summed E-state index contributed by atoms with van der Waals surface area (Å²) in [4.78, 5) is 13.3. The van der Waals surface area contributed by atoms with E-state index in [9.17, 15) is 4.79 Å². The van der Waals surface area contributed by atoms with Gasteiger partial charge in [0.15, 0.2) is 5.78 Å². The molecule has 4 rings (SSSR count). The van der Waals surface area contributed by atoms with Crippen LogP contribution in [-0.4, -0.2) is 20.0 Å². The minimum atomic E-state index is 0.0478. The van der Waals surface area contributed by atoms with Gasteiger partial charge in [-0.05, 0) is 58.7 Å². The SMILES string of the molecule is COc1ccc(C(=O)C2=C(c3ccccc3)c3ccc(OC)cc3C2)cc1. The Labute approximate surface area is 158 Å². The first-order chi connectivity index (χ1) is 13.2. The van der Waals surface area contributed by atoms with Crippen LogP contribution in [0.15, 0.2) is 78.4 Å². The molecule has 3 nitrogen and oxygen atoms in total. The fourth-order valence-corrected chi connectivity index (χ4v) is 3.57. The monoisotopic (exact) mass is 356 g/mol. The maximum Gasteiger partial charge on any atom is 0.189 e. The summed E-state index contributed by atoms with van der Waals surface area (Å²) in [5.74, 6) is 1.59. The molecule has 0 aliphatic heterocycles. The van der Waals surface area contributed by atoms with Crippen molar-refractivity contribution in [1.82, 2.24) is 0 Å². The lowest BCUT2D eigenvalue weighted by Gasteiger charge is -2.10. The Balaban J connectivity index is 1.83. The highest BCUT2D eigenvalue weighted by atomic mass is 16.5. The number of Topliss-reactive ketones (excluding diaryl/α,β-unsaturated/α-hetero) is 1. The van der Waals surface area contributed by atoms with Gasteiger partial charge in [-0.25, -0.2) is 0 Å². The molecule has 0 atom stereocenters. The average molecular weight is 356 g/mol. The molecule has 0 radical (unpaired) electrons. The fourth-order valence-electron chi connectivity index (χ4n) is 3.57. The minimum absolute atomic E-state index is 0.0478. The molecule has 3 aromatic rings. The number of methoxy groups -OCH3 is 2. The van der Waals surface area contributed by atoms with Crippen molar-refractivity contribution in [2.24, 2.45) is 0 Å². The quantitative estimate of drug-likeness (QED) is 0.607. The molecule has 1 aliphatic carbocycles. The Kier molecular flexibility index (Phi) is 4.51. The van der Waals surface area contributed by atoms with Gasteiger partial charge >= 0.3 is 0 Å². The van der Waals surface area contributed by atoms with Crippen molar-refractivity contribution >= 4 is 11.4 Å². The minimum Gasteiger partial charge on any atom is -0.497 e. The molecule has 0 bridgehead atoms. The van der Waals surface area contributed by atoms with Crippen molar-refractivity contribution in [3.05, 3.63) is 101 Å². The number of ether oxygens (including phenoxy) is 2. The fraction of sp³-hybridized carbons (Fsp3) is 0.125. The highest BCUT2D eigenvalue weighted by Crippen LogP contribution is 2.40. The van der Waals surface area contributed by atoms with E-state index in [1.807, 2.05) is 60.7 Å². The highest BCUT2D eigenvalue weighted by molar-refractivity contribution is 6.16. The number of fused-ring (bicyclic) bond motifs is 1. The third-order valence-electron chi connectivity index (χ3n) is 4.94. The molecule has 3 aromatic carbocycles. The van der Waals surface area contributed by atoms with E-state index < -0.39 is 0 Å². The van der Waals surface area contributed by atoms with E-state index in [2.05, 4.69) is 12.1 Å². The summed E-state index contributed by atoms with van der Waals surface area (Å²) in [5, 5.41) is 0. The summed E-state index contributed by atoms with van der Waals surface area (Å²) in [6.07, 6.45) is 0.599. The molecule has 0 N–H and O–H groups in total. The van der Waals surface area contributed by atoms with Gasteiger partial charge in [-0.3, -0.25) is 4.79 Å². The molecule has 27 heavy (non-hydrogen) atoms. The first-order valence-electron chi connectivity index (χ1n) is 8.86. The molecule has 0 aromatic heterocycles. The van der Waals surface area contributed by atoms with E-state index in [-0.39, 0.29) is 5.78 Å². The number of rotatable bonds is 5. The smallest absolute Gasteiger partial charge is 0.189 e. The van der Waals surface area contributed by atoms with Gasteiger partial charge in [0.25, 0.3) is 0 Å². The van der Waals surface area contributed by atoms with Gasteiger partial charge in [-0.2, -0.15) is 0 Å². The maximum atomic E-state index is 13.3. The van der Waals surface area contributed by atoms with Gasteiger partial charge in [-0.1, -0.05) is 36.4 Å². The Bertz CT molecular complexity index is 1020. The first-order valence-corrected chi connectivity index (χ1v) is 8.86. The summed E-state index contributed by atoms with van der Waals surface area (Å²) in [6, 6.07) is 23.4. The van der Waals surface area contributed by atoms with Gasteiger partial charge in [0.05, 0.1) is 14.2 Å². The molecule has 0 unspecified atom stereocenters. The zero-order valence-electron chi connectivity index (χ0n) is 15.4. The van der Waals surface area contributed by atoms with E-state index in [1.165, 1.54) is 0 Å². The van der Waals surface area contributed by atoms with Crippen LogP contribution in [0.1, 0.15) is 27.0 Å². The Morgan fingerprint density at radius 3 is 2.15 bits per heavy atom. The van der Waals surface area contributed by atoms with Gasteiger partial charge in [0.1, 0.15) is 11.5 Å². The second-order valence-electron chi connectivity index (χ2n) is 6.48. The van der Waals surface area contributed by atoms with Crippen LogP contribution < -0.4 is 9.47 Å². The number of carbonyl (C=O) groups is 1. The number of ketones is 1. The van der Waals surface area contributed by atoms with Crippen molar-refractivity contribution in [3.8, 4) is 11.5 Å². The van der Waals surface area contributed by atoms with Gasteiger partial charge in [0, 0.05) is 17.6 Å². The standard InChI is InChI=1S/C24H20O3/c1-26-19-10-8-17(9-11-19)24(25)22-15-18-14-20(27-2)12-13-21(18)23(22)16-6-4-3-5-7-16/h3-14H,15H2,1-2H3. The largest absolute Gasteiger partial charge is 0.497 e. The zero-order valence-corrected chi connectivity index (χ0v) is 15.4. The molecule has 134 valence electrons. The Hall–Kier alpha value is -3.33. The van der Waals surface area contributed by atoms with E-state index in [4.69, 9.17) is 9.47 Å². The molecular formula is C24H20O3. The van der Waals surface area contributed by atoms with E-state index >= 15 is 0 Å². The van der Waals surface area contributed by atoms with Crippen LogP contribution in [0.2, 0.25) is 0 Å². The molecule has 1 aliphatic rings. The topological polar surface area (TPSA) is 35.5 Å². The van der Waals surface area contributed by atoms with Crippen LogP contribution in [0.25, 0.3) is 5.57 Å². The second-order valence-corrected chi connectivity index (χ2v) is 6.48. The van der Waals surface area contributed by atoms with Crippen LogP contribution in [0, 0.1) is 0 Å². The molecule has 0 saturated carbocycles. The molecule has 0 amide bonds. The number of hydrogen-bond acceptors (Lipinski definition) is 3. The average Bonchev–Trinajstić information content (AvgIpc) is 3.12. The summed E-state index contributed by atoms with van der Waals surface area (Å²) in [5.41, 5.74) is 5.75. The number of hydrogen-bond donors (Lipinski definition) is 0. The van der Waals surface area contributed by atoms with Crippen LogP contribution in [0.5, 0.6) is 11.5 Å². The van der Waals surface area contributed by atoms with Crippen LogP contribution >= 0.6 is 0 Å². The third-order valence-corrected chi connectivity index (χ3v) is 4.94. The van der Waals surface area contributed by atoms with Crippen molar-refractivity contribution in [1.29, 1.82) is 0 Å². The molecule has 0 fully saturated rings. The van der Waals surface area contributed by atoms with E-state index in [1.54, 1.807) is 14.2 Å². The maximum absolute atomic E-state index is 13.3.